The number of carbonyl (C=O) groups is 1. The Labute approximate surface area is 178 Å². The summed E-state index contributed by atoms with van der Waals surface area (Å²) in [7, 11) is 1.54. The van der Waals surface area contributed by atoms with E-state index >= 15 is 0 Å². The maximum absolute atomic E-state index is 13.3. The molecule has 1 aliphatic heterocycles. The van der Waals surface area contributed by atoms with Gasteiger partial charge in [-0.1, -0.05) is 42.8 Å². The highest BCUT2D eigenvalue weighted by atomic mass is 19.4. The van der Waals surface area contributed by atoms with Gasteiger partial charge in [-0.2, -0.15) is 0 Å². The maximum Gasteiger partial charge on any atom is 0.573 e. The molecular formula is C23H24F3N3O2. The van der Waals surface area contributed by atoms with E-state index in [9.17, 15) is 18.0 Å². The average molecular weight is 431 g/mol. The van der Waals surface area contributed by atoms with Gasteiger partial charge in [-0.05, 0) is 54.5 Å². The summed E-state index contributed by atoms with van der Waals surface area (Å²) in [5.41, 5.74) is 7.18. The molecule has 31 heavy (non-hydrogen) atoms. The lowest BCUT2D eigenvalue weighted by Gasteiger charge is -2.41. The lowest BCUT2D eigenvalue weighted by atomic mass is 9.73. The Kier molecular flexibility index (Phi) is 5.19. The van der Waals surface area contributed by atoms with Gasteiger partial charge in [0, 0.05) is 7.05 Å². The normalized spacial score (nSPS) is 24.5. The number of hydrogen-bond acceptors (Lipinski definition) is 4. The molecule has 0 saturated heterocycles. The minimum Gasteiger partial charge on any atom is -0.406 e. The summed E-state index contributed by atoms with van der Waals surface area (Å²) in [5, 5.41) is 0. The van der Waals surface area contributed by atoms with Crippen LogP contribution in [0.5, 0.6) is 5.75 Å². The molecule has 1 heterocycles. The zero-order valence-corrected chi connectivity index (χ0v) is 17.3. The largest absolute Gasteiger partial charge is 0.573 e. The Morgan fingerprint density at radius 3 is 2.35 bits per heavy atom. The molecule has 1 fully saturated rings. The standard InChI is InChI=1S/C23H24F3N3O2/c1-22(17-7-4-8-18(13-17)31-23(24,25)26)19(20(30)29(2)21(27)28-22)16-11-9-15(10-12-16)14-5-3-6-14/h4,7-14,19H,3,5-6H2,1-2H3,(H2,27,28)/t19-,22+/m0/s1. The molecule has 8 heteroatoms. The summed E-state index contributed by atoms with van der Waals surface area (Å²) < 4.78 is 42.3. The van der Waals surface area contributed by atoms with Crippen molar-refractivity contribution in [2.45, 2.75) is 49.9 Å². The van der Waals surface area contributed by atoms with E-state index in [2.05, 4.69) is 9.73 Å². The SMILES string of the molecule is CN1C(=O)[C@H](c2ccc(C3CCC3)cc2)[C@@](C)(c2cccc(OC(F)(F)F)c2)N=C1N. The number of amides is 1. The van der Waals surface area contributed by atoms with Crippen molar-refractivity contribution in [3.05, 3.63) is 65.2 Å². The van der Waals surface area contributed by atoms with Crippen LogP contribution in [0.15, 0.2) is 53.5 Å². The van der Waals surface area contributed by atoms with Crippen molar-refractivity contribution in [3.8, 4) is 5.75 Å². The summed E-state index contributed by atoms with van der Waals surface area (Å²) in [6.07, 6.45) is -1.27. The number of halogens is 3. The van der Waals surface area contributed by atoms with Crippen LogP contribution in [0.1, 0.15) is 54.7 Å². The minimum absolute atomic E-state index is 0.0111. The van der Waals surface area contributed by atoms with E-state index in [0.717, 1.165) is 18.4 Å². The van der Waals surface area contributed by atoms with Gasteiger partial charge >= 0.3 is 6.36 Å². The number of benzene rings is 2. The quantitative estimate of drug-likeness (QED) is 0.767. The number of alkyl halides is 3. The second-order valence-corrected chi connectivity index (χ2v) is 8.32. The fourth-order valence-corrected chi connectivity index (χ4v) is 4.33. The van der Waals surface area contributed by atoms with Crippen molar-refractivity contribution in [1.29, 1.82) is 0 Å². The molecule has 1 saturated carbocycles. The lowest BCUT2D eigenvalue weighted by Crippen LogP contribution is -2.52. The molecule has 0 unspecified atom stereocenters. The van der Waals surface area contributed by atoms with Crippen molar-refractivity contribution < 1.29 is 22.7 Å². The highest BCUT2D eigenvalue weighted by Gasteiger charge is 2.47. The Balaban J connectivity index is 1.77. The van der Waals surface area contributed by atoms with Crippen LogP contribution in [0.25, 0.3) is 0 Å². The van der Waals surface area contributed by atoms with Gasteiger partial charge in [-0.3, -0.25) is 9.69 Å². The minimum atomic E-state index is -4.82. The fraction of sp³-hybridized carbons (Fsp3) is 0.391. The van der Waals surface area contributed by atoms with E-state index < -0.39 is 17.8 Å². The van der Waals surface area contributed by atoms with Gasteiger partial charge < -0.3 is 10.5 Å². The fourth-order valence-electron chi connectivity index (χ4n) is 4.33. The molecule has 2 aromatic carbocycles. The van der Waals surface area contributed by atoms with Crippen LogP contribution >= 0.6 is 0 Å². The van der Waals surface area contributed by atoms with Crippen LogP contribution in [0.2, 0.25) is 0 Å². The van der Waals surface area contributed by atoms with Crippen LogP contribution < -0.4 is 10.5 Å². The van der Waals surface area contributed by atoms with Gasteiger partial charge in [-0.25, -0.2) is 4.99 Å². The van der Waals surface area contributed by atoms with Crippen LogP contribution in [0.3, 0.4) is 0 Å². The number of carbonyl (C=O) groups excluding carboxylic acids is 1. The molecular weight excluding hydrogens is 407 g/mol. The number of likely N-dealkylation sites (N-methyl/N-ethyl adjacent to an activating group) is 1. The third-order valence-corrected chi connectivity index (χ3v) is 6.33. The van der Waals surface area contributed by atoms with E-state index in [-0.39, 0.29) is 17.6 Å². The van der Waals surface area contributed by atoms with Crippen LogP contribution in [0.4, 0.5) is 13.2 Å². The summed E-state index contributed by atoms with van der Waals surface area (Å²) in [4.78, 5) is 19.1. The number of hydrogen-bond donors (Lipinski definition) is 1. The van der Waals surface area contributed by atoms with Crippen LogP contribution in [0, 0.1) is 0 Å². The second-order valence-electron chi connectivity index (χ2n) is 8.32. The molecule has 0 radical (unpaired) electrons. The zero-order valence-electron chi connectivity index (χ0n) is 17.3. The second kappa shape index (κ2) is 7.59. The molecule has 1 aliphatic carbocycles. The Bertz CT molecular complexity index is 1020. The first-order valence-electron chi connectivity index (χ1n) is 10.2. The highest BCUT2D eigenvalue weighted by molar-refractivity contribution is 6.02. The van der Waals surface area contributed by atoms with Crippen molar-refractivity contribution in [2.75, 3.05) is 7.05 Å². The molecule has 5 nitrogen and oxygen atoms in total. The van der Waals surface area contributed by atoms with E-state index in [0.29, 0.717) is 11.5 Å². The Morgan fingerprint density at radius 2 is 1.77 bits per heavy atom. The van der Waals surface area contributed by atoms with E-state index in [4.69, 9.17) is 5.73 Å². The topological polar surface area (TPSA) is 67.9 Å². The molecule has 0 spiro atoms. The number of rotatable bonds is 4. The Hall–Kier alpha value is -3.03. The maximum atomic E-state index is 13.3. The summed E-state index contributed by atoms with van der Waals surface area (Å²) in [6, 6.07) is 13.4. The predicted molar refractivity (Wildman–Crippen MR) is 111 cm³/mol. The van der Waals surface area contributed by atoms with Crippen LogP contribution in [-0.2, 0) is 10.3 Å². The zero-order chi connectivity index (χ0) is 22.4. The number of ether oxygens (including phenoxy) is 1. The third kappa shape index (κ3) is 3.98. The van der Waals surface area contributed by atoms with Gasteiger partial charge in [0.2, 0.25) is 5.91 Å². The molecule has 0 aromatic heterocycles. The third-order valence-electron chi connectivity index (χ3n) is 6.33. The highest BCUT2D eigenvalue weighted by Crippen LogP contribution is 2.45. The van der Waals surface area contributed by atoms with Gasteiger partial charge in [0.15, 0.2) is 5.96 Å². The first-order chi connectivity index (χ1) is 14.6. The molecule has 2 aromatic rings. The molecule has 4 rings (SSSR count). The van der Waals surface area contributed by atoms with Crippen molar-refractivity contribution in [3.63, 3.8) is 0 Å². The molecule has 0 bridgehead atoms. The summed E-state index contributed by atoms with van der Waals surface area (Å²) >= 11 is 0. The molecule has 1 amide bonds. The van der Waals surface area contributed by atoms with Crippen molar-refractivity contribution in [1.82, 2.24) is 4.90 Å². The smallest absolute Gasteiger partial charge is 0.406 e. The van der Waals surface area contributed by atoms with Gasteiger partial charge in [0.05, 0.1) is 5.92 Å². The Morgan fingerprint density at radius 1 is 1.13 bits per heavy atom. The molecule has 2 atom stereocenters. The van der Waals surface area contributed by atoms with Crippen molar-refractivity contribution in [2.24, 2.45) is 10.7 Å². The molecule has 2 aliphatic rings. The summed E-state index contributed by atoms with van der Waals surface area (Å²) in [6.45, 7) is 1.71. The molecule has 164 valence electrons. The first kappa shape index (κ1) is 21.2. The number of guanidine groups is 1. The number of nitrogens with zero attached hydrogens (tertiary/aromatic N) is 2. The number of aliphatic imine (C=N–C) groups is 1. The van der Waals surface area contributed by atoms with E-state index in [1.54, 1.807) is 20.0 Å². The van der Waals surface area contributed by atoms with Gasteiger partial charge in [0.1, 0.15) is 11.3 Å². The lowest BCUT2D eigenvalue weighted by molar-refractivity contribution is -0.274. The van der Waals surface area contributed by atoms with Crippen molar-refractivity contribution >= 4 is 11.9 Å². The van der Waals surface area contributed by atoms with Crippen LogP contribution in [-0.4, -0.2) is 30.2 Å². The average Bonchev–Trinajstić information content (AvgIpc) is 2.65. The number of nitrogens with two attached hydrogens (primary N) is 1. The monoisotopic (exact) mass is 431 g/mol. The van der Waals surface area contributed by atoms with Gasteiger partial charge in [-0.15, -0.1) is 13.2 Å². The van der Waals surface area contributed by atoms with E-state index in [1.165, 1.54) is 35.1 Å². The first-order valence-corrected chi connectivity index (χ1v) is 10.2. The van der Waals surface area contributed by atoms with E-state index in [1.807, 2.05) is 24.3 Å². The predicted octanol–water partition coefficient (Wildman–Crippen LogP) is 4.64. The van der Waals surface area contributed by atoms with Gasteiger partial charge in [0.25, 0.3) is 0 Å². The molecule has 2 N–H and O–H groups in total. The summed E-state index contributed by atoms with van der Waals surface area (Å²) in [5.74, 6) is -0.827.